The molecule has 0 aliphatic rings. The molecule has 2 rings (SSSR count). The quantitative estimate of drug-likeness (QED) is 0.618. The predicted octanol–water partition coefficient (Wildman–Crippen LogP) is 4.70. The summed E-state index contributed by atoms with van der Waals surface area (Å²) in [6, 6.07) is 9.33. The molecule has 5 nitrogen and oxygen atoms in total. The van der Waals surface area contributed by atoms with Gasteiger partial charge < -0.3 is 20.8 Å². The van der Waals surface area contributed by atoms with Gasteiger partial charge in [-0.05, 0) is 42.5 Å². The van der Waals surface area contributed by atoms with Gasteiger partial charge in [0.15, 0.2) is 0 Å². The largest absolute Gasteiger partial charge is 0.573 e. The maximum absolute atomic E-state index is 12.4. The second-order valence-corrected chi connectivity index (χ2v) is 5.66. The standard InChI is InChI=1S/C18H15ClF3N3O2/c1-24-10-12(9-23)15-8-11(2-7-16(15)19)17(26)25-13-3-5-14(6-4-13)27-18(20,21)22/h2-10,23-24H,1H3,(H,25,26)/b12-10+,23-9?. The number of ether oxygens (including phenoxy) is 1. The van der Waals surface area contributed by atoms with Crippen LogP contribution < -0.4 is 15.4 Å². The molecule has 0 saturated carbocycles. The lowest BCUT2D eigenvalue weighted by molar-refractivity contribution is -0.274. The first-order chi connectivity index (χ1) is 12.7. The highest BCUT2D eigenvalue weighted by Gasteiger charge is 2.30. The van der Waals surface area contributed by atoms with Crippen molar-refractivity contribution in [1.82, 2.24) is 5.32 Å². The molecule has 142 valence electrons. The molecule has 0 saturated heterocycles. The highest BCUT2D eigenvalue weighted by molar-refractivity contribution is 6.34. The monoisotopic (exact) mass is 397 g/mol. The van der Waals surface area contributed by atoms with Gasteiger partial charge in [-0.3, -0.25) is 4.79 Å². The minimum Gasteiger partial charge on any atom is -0.406 e. The van der Waals surface area contributed by atoms with E-state index < -0.39 is 12.3 Å². The number of alkyl halides is 3. The van der Waals surface area contributed by atoms with E-state index in [2.05, 4.69) is 15.4 Å². The van der Waals surface area contributed by atoms with Gasteiger partial charge in [0, 0.05) is 46.9 Å². The third-order valence-corrected chi connectivity index (χ3v) is 3.67. The number of nitrogens with one attached hydrogen (secondary N) is 3. The van der Waals surface area contributed by atoms with Gasteiger partial charge in [0.2, 0.25) is 0 Å². The molecule has 0 aliphatic heterocycles. The summed E-state index contributed by atoms with van der Waals surface area (Å²) in [4.78, 5) is 12.4. The number of allylic oxidation sites excluding steroid dienone is 1. The highest BCUT2D eigenvalue weighted by Crippen LogP contribution is 2.26. The van der Waals surface area contributed by atoms with Crippen LogP contribution in [0.4, 0.5) is 18.9 Å². The average Bonchev–Trinajstić information content (AvgIpc) is 2.60. The molecule has 0 aromatic heterocycles. The van der Waals surface area contributed by atoms with Crippen LogP contribution in [0.25, 0.3) is 5.57 Å². The van der Waals surface area contributed by atoms with Crippen LogP contribution >= 0.6 is 11.6 Å². The summed E-state index contributed by atoms with van der Waals surface area (Å²) >= 11 is 6.13. The van der Waals surface area contributed by atoms with Crippen molar-refractivity contribution < 1.29 is 22.7 Å². The first kappa shape index (κ1) is 20.3. The van der Waals surface area contributed by atoms with Gasteiger partial charge in [0.1, 0.15) is 5.75 Å². The Bertz CT molecular complexity index is 865. The lowest BCUT2D eigenvalue weighted by Crippen LogP contribution is -2.17. The summed E-state index contributed by atoms with van der Waals surface area (Å²) in [6.07, 6.45) is -2.12. The smallest absolute Gasteiger partial charge is 0.406 e. The summed E-state index contributed by atoms with van der Waals surface area (Å²) in [5, 5.41) is 13.2. The van der Waals surface area contributed by atoms with E-state index in [9.17, 15) is 18.0 Å². The third-order valence-electron chi connectivity index (χ3n) is 3.34. The zero-order chi connectivity index (χ0) is 20.0. The highest BCUT2D eigenvalue weighted by atomic mass is 35.5. The zero-order valence-electron chi connectivity index (χ0n) is 14.0. The molecule has 0 radical (unpaired) electrons. The minimum absolute atomic E-state index is 0.272. The van der Waals surface area contributed by atoms with Crippen LogP contribution in [-0.2, 0) is 0 Å². The fourth-order valence-electron chi connectivity index (χ4n) is 2.18. The number of rotatable bonds is 6. The maximum atomic E-state index is 12.4. The molecule has 27 heavy (non-hydrogen) atoms. The molecule has 0 heterocycles. The molecule has 2 aromatic carbocycles. The van der Waals surface area contributed by atoms with Gasteiger partial charge >= 0.3 is 6.36 Å². The number of benzene rings is 2. The molecule has 0 fully saturated rings. The van der Waals surface area contributed by atoms with Gasteiger partial charge in [-0.2, -0.15) is 0 Å². The molecular weight excluding hydrogens is 383 g/mol. The van der Waals surface area contributed by atoms with E-state index in [1.165, 1.54) is 30.3 Å². The van der Waals surface area contributed by atoms with Crippen LogP contribution in [0, 0.1) is 5.41 Å². The summed E-state index contributed by atoms with van der Waals surface area (Å²) in [6.45, 7) is 0. The second-order valence-electron chi connectivity index (χ2n) is 5.25. The lowest BCUT2D eigenvalue weighted by atomic mass is 10.0. The fraction of sp³-hybridized carbons (Fsp3) is 0.111. The van der Waals surface area contributed by atoms with Crippen molar-refractivity contribution in [3.63, 3.8) is 0 Å². The van der Waals surface area contributed by atoms with E-state index in [0.717, 1.165) is 18.3 Å². The van der Waals surface area contributed by atoms with Crippen LogP contribution in [0.1, 0.15) is 15.9 Å². The lowest BCUT2D eigenvalue weighted by Gasteiger charge is -2.11. The third kappa shape index (κ3) is 5.75. The number of hydrogen-bond acceptors (Lipinski definition) is 4. The van der Waals surface area contributed by atoms with E-state index in [1.54, 1.807) is 13.2 Å². The topological polar surface area (TPSA) is 74.2 Å². The Balaban J connectivity index is 2.19. The van der Waals surface area contributed by atoms with Gasteiger partial charge in [-0.1, -0.05) is 11.6 Å². The van der Waals surface area contributed by atoms with Crippen molar-refractivity contribution in [2.45, 2.75) is 6.36 Å². The van der Waals surface area contributed by atoms with Crippen molar-refractivity contribution in [1.29, 1.82) is 5.41 Å². The average molecular weight is 398 g/mol. The molecule has 3 N–H and O–H groups in total. The Hall–Kier alpha value is -3.00. The Kier molecular flexibility index (Phi) is 6.46. The Morgan fingerprint density at radius 1 is 1.19 bits per heavy atom. The molecule has 0 bridgehead atoms. The van der Waals surface area contributed by atoms with Crippen LogP contribution in [-0.4, -0.2) is 25.5 Å². The summed E-state index contributed by atoms with van der Waals surface area (Å²) in [7, 11) is 1.67. The number of carbonyl (C=O) groups is 1. The Labute approximate surface area is 158 Å². The van der Waals surface area contributed by atoms with Crippen molar-refractivity contribution in [3.05, 3.63) is 64.8 Å². The molecule has 0 atom stereocenters. The zero-order valence-corrected chi connectivity index (χ0v) is 14.8. The number of amides is 1. The van der Waals surface area contributed by atoms with Crippen LogP contribution in [0.5, 0.6) is 5.75 Å². The van der Waals surface area contributed by atoms with E-state index in [1.807, 2.05) is 0 Å². The number of halogens is 4. The molecule has 9 heteroatoms. The van der Waals surface area contributed by atoms with Crippen LogP contribution in [0.2, 0.25) is 5.02 Å². The van der Waals surface area contributed by atoms with E-state index >= 15 is 0 Å². The first-order valence-electron chi connectivity index (χ1n) is 7.58. The Morgan fingerprint density at radius 2 is 1.85 bits per heavy atom. The maximum Gasteiger partial charge on any atom is 0.573 e. The molecule has 1 amide bonds. The van der Waals surface area contributed by atoms with Gasteiger partial charge in [-0.25, -0.2) is 0 Å². The molecule has 0 aliphatic carbocycles. The number of carbonyl (C=O) groups excluding carboxylic acids is 1. The predicted molar refractivity (Wildman–Crippen MR) is 98.4 cm³/mol. The van der Waals surface area contributed by atoms with Crippen LogP contribution in [0.15, 0.2) is 48.7 Å². The van der Waals surface area contributed by atoms with E-state index in [4.69, 9.17) is 17.0 Å². The molecule has 0 spiro atoms. The van der Waals surface area contributed by atoms with Crippen LogP contribution in [0.3, 0.4) is 0 Å². The van der Waals surface area contributed by atoms with Gasteiger partial charge in [-0.15, -0.1) is 13.2 Å². The summed E-state index contributed by atoms with van der Waals surface area (Å²) < 4.78 is 40.3. The fourth-order valence-corrected chi connectivity index (χ4v) is 2.41. The second kappa shape index (κ2) is 8.59. The first-order valence-corrected chi connectivity index (χ1v) is 7.96. The number of anilines is 1. The molecule has 2 aromatic rings. The number of hydrogen-bond donors (Lipinski definition) is 3. The van der Waals surface area contributed by atoms with E-state index in [0.29, 0.717) is 21.8 Å². The van der Waals surface area contributed by atoms with Crippen molar-refractivity contribution in [2.75, 3.05) is 12.4 Å². The van der Waals surface area contributed by atoms with Crippen molar-refractivity contribution in [3.8, 4) is 5.75 Å². The molecular formula is C18H15ClF3N3O2. The summed E-state index contributed by atoms with van der Waals surface area (Å²) in [5.74, 6) is -0.867. The minimum atomic E-state index is -4.78. The SMILES string of the molecule is CN/C=C(\C=N)c1cc(C(=O)Nc2ccc(OC(F)(F)F)cc2)ccc1Cl. The summed E-state index contributed by atoms with van der Waals surface area (Å²) in [5.41, 5.74) is 1.53. The Morgan fingerprint density at radius 3 is 2.41 bits per heavy atom. The van der Waals surface area contributed by atoms with Gasteiger partial charge in [0.05, 0.1) is 0 Å². The van der Waals surface area contributed by atoms with Crippen molar-refractivity contribution in [2.24, 2.45) is 0 Å². The van der Waals surface area contributed by atoms with Crippen molar-refractivity contribution >= 4 is 35.0 Å². The molecule has 0 unspecified atom stereocenters. The van der Waals surface area contributed by atoms with Gasteiger partial charge in [0.25, 0.3) is 5.91 Å². The van der Waals surface area contributed by atoms with E-state index in [-0.39, 0.29) is 11.3 Å². The normalized spacial score (nSPS) is 11.7.